The maximum Gasteiger partial charge on any atom is 0.270 e. The summed E-state index contributed by atoms with van der Waals surface area (Å²) in [6, 6.07) is 17.3. The molecule has 0 fully saturated rings. The molecule has 28 heavy (non-hydrogen) atoms. The Labute approximate surface area is 167 Å². The molecule has 1 N–H and O–H groups in total. The van der Waals surface area contributed by atoms with Gasteiger partial charge in [-0.05, 0) is 30.0 Å². The van der Waals surface area contributed by atoms with Crippen LogP contribution < -0.4 is 15.0 Å². The molecule has 0 radical (unpaired) electrons. The summed E-state index contributed by atoms with van der Waals surface area (Å²) in [6.07, 6.45) is 2.58. The average Bonchev–Trinajstić information content (AvgIpc) is 2.74. The summed E-state index contributed by atoms with van der Waals surface area (Å²) in [7, 11) is 1.55. The standard InChI is InChI=1S/C21H19N3O3S/c1-26-18-12-15(19-16(13-22)20(25)24-21(23-19)28-2)8-9-17(18)27-11-10-14-6-4-3-5-7-14/h3-9,12H,10-11H2,1-2H3,(H,23,24,25). The van der Waals surface area contributed by atoms with Crippen LogP contribution in [-0.2, 0) is 6.42 Å². The summed E-state index contributed by atoms with van der Waals surface area (Å²) in [5.41, 5.74) is 1.64. The fourth-order valence-electron chi connectivity index (χ4n) is 2.72. The lowest BCUT2D eigenvalue weighted by Crippen LogP contribution is -2.14. The van der Waals surface area contributed by atoms with E-state index < -0.39 is 5.56 Å². The van der Waals surface area contributed by atoms with E-state index in [9.17, 15) is 10.1 Å². The van der Waals surface area contributed by atoms with E-state index in [4.69, 9.17) is 9.47 Å². The first-order valence-electron chi connectivity index (χ1n) is 8.59. The molecule has 0 amide bonds. The van der Waals surface area contributed by atoms with Gasteiger partial charge in [0, 0.05) is 12.0 Å². The van der Waals surface area contributed by atoms with Gasteiger partial charge in [-0.2, -0.15) is 5.26 Å². The Balaban J connectivity index is 1.87. The van der Waals surface area contributed by atoms with E-state index in [-0.39, 0.29) is 5.56 Å². The first-order chi connectivity index (χ1) is 13.7. The molecule has 6 nitrogen and oxygen atoms in total. The summed E-state index contributed by atoms with van der Waals surface area (Å²) in [6.45, 7) is 0.503. The van der Waals surface area contributed by atoms with Crippen LogP contribution >= 0.6 is 11.8 Å². The fourth-order valence-corrected chi connectivity index (χ4v) is 3.10. The van der Waals surface area contributed by atoms with E-state index in [1.807, 2.05) is 24.3 Å². The highest BCUT2D eigenvalue weighted by molar-refractivity contribution is 7.98. The SMILES string of the molecule is COc1cc(-c2nc(SC)[nH]c(=O)c2C#N)ccc1OCCc1ccccc1. The lowest BCUT2D eigenvalue weighted by atomic mass is 10.1. The zero-order valence-corrected chi connectivity index (χ0v) is 16.4. The second kappa shape index (κ2) is 9.11. The minimum atomic E-state index is -0.459. The largest absolute Gasteiger partial charge is 0.493 e. The Morgan fingerprint density at radius 1 is 1.18 bits per heavy atom. The second-order valence-electron chi connectivity index (χ2n) is 5.86. The third kappa shape index (κ3) is 4.35. The summed E-state index contributed by atoms with van der Waals surface area (Å²) >= 11 is 1.30. The number of nitriles is 1. The number of benzene rings is 2. The molecule has 1 heterocycles. The normalized spacial score (nSPS) is 10.3. The molecule has 1 aromatic heterocycles. The van der Waals surface area contributed by atoms with E-state index in [1.165, 1.54) is 17.3 Å². The third-order valence-corrected chi connectivity index (χ3v) is 4.71. The zero-order chi connectivity index (χ0) is 19.9. The van der Waals surface area contributed by atoms with E-state index >= 15 is 0 Å². The highest BCUT2D eigenvalue weighted by Crippen LogP contribution is 2.33. The molecule has 0 aliphatic carbocycles. The molecule has 2 aromatic carbocycles. The molecule has 0 saturated heterocycles. The number of hydrogen-bond acceptors (Lipinski definition) is 6. The Morgan fingerprint density at radius 3 is 2.64 bits per heavy atom. The lowest BCUT2D eigenvalue weighted by molar-refractivity contribution is 0.298. The Morgan fingerprint density at radius 2 is 1.96 bits per heavy atom. The number of nitrogens with zero attached hydrogens (tertiary/aromatic N) is 2. The van der Waals surface area contributed by atoms with Gasteiger partial charge in [0.05, 0.1) is 19.4 Å². The summed E-state index contributed by atoms with van der Waals surface area (Å²) in [5, 5.41) is 9.80. The van der Waals surface area contributed by atoms with E-state index in [2.05, 4.69) is 22.1 Å². The van der Waals surface area contributed by atoms with Gasteiger partial charge >= 0.3 is 0 Å². The quantitative estimate of drug-likeness (QED) is 0.487. The van der Waals surface area contributed by atoms with Crippen LogP contribution in [0.25, 0.3) is 11.3 Å². The molecular formula is C21H19N3O3S. The van der Waals surface area contributed by atoms with E-state index in [1.54, 1.807) is 31.6 Å². The van der Waals surface area contributed by atoms with E-state index in [0.29, 0.717) is 34.5 Å². The Kier molecular flexibility index (Phi) is 6.35. The van der Waals surface area contributed by atoms with Crippen molar-refractivity contribution in [2.75, 3.05) is 20.0 Å². The van der Waals surface area contributed by atoms with Gasteiger partial charge in [-0.15, -0.1) is 0 Å². The predicted octanol–water partition coefficient (Wildman–Crippen LogP) is 3.66. The monoisotopic (exact) mass is 393 g/mol. The van der Waals surface area contributed by atoms with Crippen molar-refractivity contribution in [3.05, 3.63) is 70.0 Å². The molecule has 0 aliphatic heterocycles. The summed E-state index contributed by atoms with van der Waals surface area (Å²) in [5.74, 6) is 1.11. The Bertz CT molecular complexity index is 1060. The van der Waals surface area contributed by atoms with Crippen LogP contribution in [0.2, 0.25) is 0 Å². The molecule has 0 spiro atoms. The molecule has 142 valence electrons. The van der Waals surface area contributed by atoms with Crippen molar-refractivity contribution in [1.29, 1.82) is 5.26 Å². The fraction of sp³-hybridized carbons (Fsp3) is 0.190. The number of H-pyrrole nitrogens is 1. The van der Waals surface area contributed by atoms with Gasteiger partial charge in [0.1, 0.15) is 11.6 Å². The van der Waals surface area contributed by atoms with Crippen LogP contribution in [0.4, 0.5) is 0 Å². The number of aromatic amines is 1. The van der Waals surface area contributed by atoms with Crippen molar-refractivity contribution in [2.24, 2.45) is 0 Å². The number of thioether (sulfide) groups is 1. The number of nitrogens with one attached hydrogen (secondary N) is 1. The van der Waals surface area contributed by atoms with Crippen LogP contribution in [0.3, 0.4) is 0 Å². The highest BCUT2D eigenvalue weighted by Gasteiger charge is 2.15. The van der Waals surface area contributed by atoms with Crippen molar-refractivity contribution in [1.82, 2.24) is 9.97 Å². The molecular weight excluding hydrogens is 374 g/mol. The molecule has 0 bridgehead atoms. The molecule has 0 atom stereocenters. The van der Waals surface area contributed by atoms with Crippen LogP contribution in [0.15, 0.2) is 58.5 Å². The van der Waals surface area contributed by atoms with Crippen LogP contribution in [0.5, 0.6) is 11.5 Å². The average molecular weight is 393 g/mol. The van der Waals surface area contributed by atoms with Crippen molar-refractivity contribution < 1.29 is 9.47 Å². The minimum absolute atomic E-state index is 0.0300. The van der Waals surface area contributed by atoms with Gasteiger partial charge in [-0.3, -0.25) is 4.79 Å². The third-order valence-electron chi connectivity index (χ3n) is 4.13. The zero-order valence-electron chi connectivity index (χ0n) is 15.6. The molecule has 0 unspecified atom stereocenters. The maximum atomic E-state index is 12.1. The van der Waals surface area contributed by atoms with Crippen LogP contribution in [0.1, 0.15) is 11.1 Å². The predicted molar refractivity (Wildman–Crippen MR) is 109 cm³/mol. The number of hydrogen-bond donors (Lipinski definition) is 1. The first kappa shape index (κ1) is 19.5. The van der Waals surface area contributed by atoms with Gasteiger partial charge in [-0.25, -0.2) is 4.98 Å². The van der Waals surface area contributed by atoms with Gasteiger partial charge < -0.3 is 14.5 Å². The second-order valence-corrected chi connectivity index (χ2v) is 6.66. The van der Waals surface area contributed by atoms with E-state index in [0.717, 1.165) is 6.42 Å². The van der Waals surface area contributed by atoms with Crippen LogP contribution in [-0.4, -0.2) is 29.9 Å². The smallest absolute Gasteiger partial charge is 0.270 e. The molecule has 3 rings (SSSR count). The minimum Gasteiger partial charge on any atom is -0.493 e. The van der Waals surface area contributed by atoms with Gasteiger partial charge in [0.2, 0.25) is 0 Å². The molecule has 0 saturated carbocycles. The molecule has 0 aliphatic rings. The maximum absolute atomic E-state index is 12.1. The highest BCUT2D eigenvalue weighted by atomic mass is 32.2. The molecule has 3 aromatic rings. The topological polar surface area (TPSA) is 88.0 Å². The van der Waals surface area contributed by atoms with Crippen molar-refractivity contribution in [3.63, 3.8) is 0 Å². The van der Waals surface area contributed by atoms with Crippen LogP contribution in [0, 0.1) is 11.3 Å². The summed E-state index contributed by atoms with van der Waals surface area (Å²) in [4.78, 5) is 19.1. The number of aromatic nitrogens is 2. The number of ether oxygens (including phenoxy) is 2. The summed E-state index contributed by atoms with van der Waals surface area (Å²) < 4.78 is 11.3. The van der Waals surface area contributed by atoms with Crippen molar-refractivity contribution in [3.8, 4) is 28.8 Å². The number of rotatable bonds is 7. The van der Waals surface area contributed by atoms with Gasteiger partial charge in [0.15, 0.2) is 16.7 Å². The number of methoxy groups -OCH3 is 1. The Hall–Kier alpha value is -3.24. The first-order valence-corrected chi connectivity index (χ1v) is 9.82. The van der Waals surface area contributed by atoms with Crippen molar-refractivity contribution >= 4 is 11.8 Å². The molecule has 7 heteroatoms. The van der Waals surface area contributed by atoms with Gasteiger partial charge in [-0.1, -0.05) is 42.1 Å². The van der Waals surface area contributed by atoms with Gasteiger partial charge in [0.25, 0.3) is 5.56 Å². The van der Waals surface area contributed by atoms with Crippen molar-refractivity contribution in [2.45, 2.75) is 11.6 Å². The lowest BCUT2D eigenvalue weighted by Gasteiger charge is -2.13.